The highest BCUT2D eigenvalue weighted by atomic mass is 79.9. The third-order valence-electron chi connectivity index (χ3n) is 1.51. The molecular formula is C8H6BrNO3. The molecule has 0 heterocycles. The maximum Gasteiger partial charge on any atom is 0.235 e. The maximum atomic E-state index is 9.83. The molecule has 0 aliphatic rings. The Bertz CT molecular complexity index is 372. The van der Waals surface area contributed by atoms with E-state index in [0.717, 1.165) is 0 Å². The first-order chi connectivity index (χ1) is 6.16. The number of aromatic hydroxyl groups is 2. The Balaban J connectivity index is 3.16. The molecule has 0 fully saturated rings. The van der Waals surface area contributed by atoms with Crippen molar-refractivity contribution < 1.29 is 15.0 Å². The summed E-state index contributed by atoms with van der Waals surface area (Å²) >= 11 is 3.15. The van der Waals surface area contributed by atoms with E-state index in [-0.39, 0.29) is 18.0 Å². The Morgan fingerprint density at radius 1 is 1.46 bits per heavy atom. The van der Waals surface area contributed by atoms with E-state index in [1.54, 1.807) is 6.07 Å². The van der Waals surface area contributed by atoms with Crippen molar-refractivity contribution in [1.82, 2.24) is 0 Å². The SMILES string of the molecule is O=C=NCc1c(Br)ccc(O)c1O. The third-order valence-corrected chi connectivity index (χ3v) is 2.25. The average Bonchev–Trinajstić information content (AvgIpc) is 2.12. The summed E-state index contributed by atoms with van der Waals surface area (Å²) in [5, 5.41) is 18.4. The molecule has 1 rings (SSSR count). The van der Waals surface area contributed by atoms with E-state index >= 15 is 0 Å². The second-order valence-corrected chi connectivity index (χ2v) is 3.16. The number of rotatable bonds is 2. The number of phenols is 2. The first-order valence-corrected chi connectivity index (χ1v) is 4.19. The maximum absolute atomic E-state index is 9.83. The molecular weight excluding hydrogens is 238 g/mol. The van der Waals surface area contributed by atoms with Crippen molar-refractivity contribution in [2.24, 2.45) is 4.99 Å². The summed E-state index contributed by atoms with van der Waals surface area (Å²) in [6.45, 7) is -0.00961. The molecule has 0 unspecified atom stereocenters. The van der Waals surface area contributed by atoms with Gasteiger partial charge in [0.2, 0.25) is 6.08 Å². The Kier molecular flexibility index (Phi) is 3.06. The van der Waals surface area contributed by atoms with Crippen LogP contribution >= 0.6 is 15.9 Å². The zero-order chi connectivity index (χ0) is 9.84. The molecule has 0 saturated carbocycles. The van der Waals surface area contributed by atoms with Gasteiger partial charge in [-0.15, -0.1) is 0 Å². The lowest BCUT2D eigenvalue weighted by Crippen LogP contribution is -1.85. The second-order valence-electron chi connectivity index (χ2n) is 2.30. The van der Waals surface area contributed by atoms with Gasteiger partial charge in [0.15, 0.2) is 11.5 Å². The first kappa shape index (κ1) is 9.77. The van der Waals surface area contributed by atoms with Crippen LogP contribution in [0, 0.1) is 0 Å². The fourth-order valence-corrected chi connectivity index (χ4v) is 1.31. The summed E-state index contributed by atoms with van der Waals surface area (Å²) in [5.74, 6) is -0.507. The van der Waals surface area contributed by atoms with Gasteiger partial charge in [-0.1, -0.05) is 15.9 Å². The predicted molar refractivity (Wildman–Crippen MR) is 49.3 cm³/mol. The zero-order valence-corrected chi connectivity index (χ0v) is 8.08. The van der Waals surface area contributed by atoms with Gasteiger partial charge < -0.3 is 10.2 Å². The van der Waals surface area contributed by atoms with Gasteiger partial charge in [-0.05, 0) is 12.1 Å². The van der Waals surface area contributed by atoms with Crippen molar-refractivity contribution in [2.75, 3.05) is 0 Å². The Labute approximate surface area is 82.7 Å². The highest BCUT2D eigenvalue weighted by molar-refractivity contribution is 9.10. The van der Waals surface area contributed by atoms with Crippen molar-refractivity contribution in [2.45, 2.75) is 6.54 Å². The third kappa shape index (κ3) is 2.08. The van der Waals surface area contributed by atoms with Gasteiger partial charge in [0.25, 0.3) is 0 Å². The van der Waals surface area contributed by atoms with Crippen LogP contribution < -0.4 is 0 Å². The molecule has 68 valence electrons. The van der Waals surface area contributed by atoms with E-state index < -0.39 is 0 Å². The molecule has 1 aromatic rings. The van der Waals surface area contributed by atoms with Gasteiger partial charge >= 0.3 is 0 Å². The number of halogens is 1. The minimum atomic E-state index is -0.270. The molecule has 0 aromatic heterocycles. The first-order valence-electron chi connectivity index (χ1n) is 3.39. The zero-order valence-electron chi connectivity index (χ0n) is 6.49. The molecule has 0 atom stereocenters. The van der Waals surface area contributed by atoms with E-state index in [9.17, 15) is 9.90 Å². The molecule has 2 N–H and O–H groups in total. The molecule has 0 spiro atoms. The molecule has 1 aromatic carbocycles. The Morgan fingerprint density at radius 3 is 2.77 bits per heavy atom. The van der Waals surface area contributed by atoms with Crippen molar-refractivity contribution in [1.29, 1.82) is 0 Å². The number of hydrogen-bond donors (Lipinski definition) is 2. The topological polar surface area (TPSA) is 69.9 Å². The molecule has 0 saturated heterocycles. The quantitative estimate of drug-likeness (QED) is 0.472. The van der Waals surface area contributed by atoms with Crippen LogP contribution in [-0.4, -0.2) is 16.3 Å². The molecule has 13 heavy (non-hydrogen) atoms. The lowest BCUT2D eigenvalue weighted by Gasteiger charge is -2.04. The van der Waals surface area contributed by atoms with E-state index in [1.807, 2.05) is 0 Å². The fraction of sp³-hybridized carbons (Fsp3) is 0.125. The Hall–Kier alpha value is -1.32. The molecule has 0 amide bonds. The molecule has 4 nitrogen and oxygen atoms in total. The summed E-state index contributed by atoms with van der Waals surface area (Å²) in [6.07, 6.45) is 1.35. The number of isocyanates is 1. The van der Waals surface area contributed by atoms with Crippen LogP contribution in [0.1, 0.15) is 5.56 Å². The van der Waals surface area contributed by atoms with Crippen LogP contribution in [0.2, 0.25) is 0 Å². The molecule has 0 radical (unpaired) electrons. The van der Waals surface area contributed by atoms with Gasteiger partial charge in [0.05, 0.1) is 6.54 Å². The molecule has 0 aliphatic carbocycles. The Morgan fingerprint density at radius 2 is 2.15 bits per heavy atom. The van der Waals surface area contributed by atoms with Gasteiger partial charge in [0.1, 0.15) is 0 Å². The van der Waals surface area contributed by atoms with E-state index in [2.05, 4.69) is 20.9 Å². The number of aliphatic imine (C=N–C) groups is 1. The smallest absolute Gasteiger partial charge is 0.235 e. The minimum Gasteiger partial charge on any atom is -0.504 e. The lowest BCUT2D eigenvalue weighted by molar-refractivity contribution is 0.399. The number of benzene rings is 1. The van der Waals surface area contributed by atoms with E-state index in [4.69, 9.17) is 5.11 Å². The van der Waals surface area contributed by atoms with Crippen molar-refractivity contribution in [3.05, 3.63) is 22.2 Å². The summed E-state index contributed by atoms with van der Waals surface area (Å²) in [5.41, 5.74) is 0.364. The summed E-state index contributed by atoms with van der Waals surface area (Å²) in [7, 11) is 0. The number of nitrogens with zero attached hydrogens (tertiary/aromatic N) is 1. The number of carbonyl (C=O) groups excluding carboxylic acids is 1. The average molecular weight is 244 g/mol. The molecule has 0 aliphatic heterocycles. The largest absolute Gasteiger partial charge is 0.504 e. The number of phenolic OH excluding ortho intramolecular Hbond substituents is 2. The standard InChI is InChI=1S/C8H6BrNO3/c9-6-1-2-7(12)8(13)5(6)3-10-4-11/h1-2,12-13H,3H2. The summed E-state index contributed by atoms with van der Waals surface area (Å²) in [6, 6.07) is 2.90. The van der Waals surface area contributed by atoms with Gasteiger partial charge in [-0.25, -0.2) is 9.79 Å². The van der Waals surface area contributed by atoms with E-state index in [1.165, 1.54) is 12.1 Å². The monoisotopic (exact) mass is 243 g/mol. The minimum absolute atomic E-state index is 0.00961. The lowest BCUT2D eigenvalue weighted by atomic mass is 10.2. The van der Waals surface area contributed by atoms with Crippen molar-refractivity contribution >= 4 is 22.0 Å². The van der Waals surface area contributed by atoms with Gasteiger partial charge in [-0.3, -0.25) is 0 Å². The van der Waals surface area contributed by atoms with Crippen molar-refractivity contribution in [3.63, 3.8) is 0 Å². The van der Waals surface area contributed by atoms with Crippen LogP contribution in [0.25, 0.3) is 0 Å². The van der Waals surface area contributed by atoms with Crippen LogP contribution in [0.3, 0.4) is 0 Å². The van der Waals surface area contributed by atoms with Crippen LogP contribution in [-0.2, 0) is 11.3 Å². The highest BCUT2D eigenvalue weighted by Gasteiger charge is 2.09. The van der Waals surface area contributed by atoms with Gasteiger partial charge in [-0.2, -0.15) is 0 Å². The molecule has 0 bridgehead atoms. The normalized spacial score (nSPS) is 9.31. The summed E-state index contributed by atoms with van der Waals surface area (Å²) in [4.78, 5) is 13.1. The van der Waals surface area contributed by atoms with Crippen LogP contribution in [0.5, 0.6) is 11.5 Å². The van der Waals surface area contributed by atoms with Crippen LogP contribution in [0.15, 0.2) is 21.6 Å². The highest BCUT2D eigenvalue weighted by Crippen LogP contribution is 2.34. The number of hydrogen-bond acceptors (Lipinski definition) is 4. The van der Waals surface area contributed by atoms with Gasteiger partial charge in [0, 0.05) is 10.0 Å². The summed E-state index contributed by atoms with van der Waals surface area (Å²) < 4.78 is 0.585. The molecule has 5 heteroatoms. The van der Waals surface area contributed by atoms with Crippen LogP contribution in [0.4, 0.5) is 0 Å². The van der Waals surface area contributed by atoms with Crippen molar-refractivity contribution in [3.8, 4) is 11.5 Å². The second kappa shape index (κ2) is 4.07. The predicted octanol–water partition coefficient (Wildman–Crippen LogP) is 1.70. The fourth-order valence-electron chi connectivity index (χ4n) is 0.861. The van der Waals surface area contributed by atoms with E-state index in [0.29, 0.717) is 10.0 Å².